The highest BCUT2D eigenvalue weighted by atomic mass is 35.5. The first kappa shape index (κ1) is 18.2. The minimum Gasteiger partial charge on any atom is -0.472 e. The van der Waals surface area contributed by atoms with Gasteiger partial charge in [0.1, 0.15) is 12.4 Å². The van der Waals surface area contributed by atoms with Gasteiger partial charge in [-0.05, 0) is 61.3 Å². The number of hydrogen-bond donors (Lipinski definition) is 1. The molecule has 0 radical (unpaired) electrons. The molecule has 4 rings (SSSR count). The summed E-state index contributed by atoms with van der Waals surface area (Å²) < 4.78 is 19.3. The molecule has 3 atom stereocenters. The normalized spacial score (nSPS) is 24.9. The van der Waals surface area contributed by atoms with Crippen molar-refractivity contribution < 1.29 is 13.9 Å². The van der Waals surface area contributed by atoms with E-state index >= 15 is 0 Å². The van der Waals surface area contributed by atoms with Gasteiger partial charge in [-0.25, -0.2) is 4.98 Å². The van der Waals surface area contributed by atoms with Crippen molar-refractivity contribution >= 4 is 17.5 Å². The van der Waals surface area contributed by atoms with Crippen LogP contribution >= 0.6 is 11.6 Å². The Morgan fingerprint density at radius 2 is 2.04 bits per heavy atom. The van der Waals surface area contributed by atoms with E-state index in [1.165, 1.54) is 6.33 Å². The van der Waals surface area contributed by atoms with Crippen LogP contribution in [0.25, 0.3) is 0 Å². The Morgan fingerprint density at radius 3 is 2.67 bits per heavy atom. The van der Waals surface area contributed by atoms with Gasteiger partial charge >= 0.3 is 0 Å². The molecular weight excluding hydrogens is 369 g/mol. The van der Waals surface area contributed by atoms with Crippen molar-refractivity contribution in [2.24, 2.45) is 17.8 Å². The number of ether oxygens (including phenoxy) is 1. The number of benzene rings is 1. The smallest absolute Gasteiger partial charge is 0.253 e. The third-order valence-electron chi connectivity index (χ3n) is 5.71. The van der Waals surface area contributed by atoms with E-state index in [-0.39, 0.29) is 23.9 Å². The molecule has 0 bridgehead atoms. The zero-order chi connectivity index (χ0) is 19.0. The number of fused-ring (bicyclic) bond motifs is 1. The summed E-state index contributed by atoms with van der Waals surface area (Å²) in [6, 6.07) is 7.05. The SMILES string of the molecule is CC[C@H](NC(=O)c1ccc(Cl)cc1)C1[C@H]2CC(Oc3ncncc3F)C[C@H]12. The molecule has 2 saturated carbocycles. The number of nitrogens with one attached hydrogen (secondary N) is 1. The lowest BCUT2D eigenvalue weighted by Gasteiger charge is -2.22. The summed E-state index contributed by atoms with van der Waals surface area (Å²) in [5, 5.41) is 3.78. The average molecular weight is 390 g/mol. The summed E-state index contributed by atoms with van der Waals surface area (Å²) in [7, 11) is 0. The molecule has 0 unspecified atom stereocenters. The maximum absolute atomic E-state index is 13.6. The van der Waals surface area contributed by atoms with Crippen molar-refractivity contribution in [1.29, 1.82) is 0 Å². The third-order valence-corrected chi connectivity index (χ3v) is 5.96. The molecule has 1 aromatic heterocycles. The first-order valence-corrected chi connectivity index (χ1v) is 9.63. The molecule has 27 heavy (non-hydrogen) atoms. The minimum absolute atomic E-state index is 0.0230. The van der Waals surface area contributed by atoms with Crippen molar-refractivity contribution in [3.8, 4) is 5.88 Å². The summed E-state index contributed by atoms with van der Waals surface area (Å²) in [5.41, 5.74) is 0.615. The van der Waals surface area contributed by atoms with Crippen molar-refractivity contribution in [2.45, 2.75) is 38.3 Å². The molecule has 1 N–H and O–H groups in total. The molecule has 0 aliphatic heterocycles. The highest BCUT2D eigenvalue weighted by Gasteiger charge is 2.59. The number of nitrogens with zero attached hydrogens (tertiary/aromatic N) is 2. The number of hydrogen-bond acceptors (Lipinski definition) is 4. The van der Waals surface area contributed by atoms with Crippen LogP contribution in [0.1, 0.15) is 36.5 Å². The van der Waals surface area contributed by atoms with Gasteiger partial charge in [0, 0.05) is 16.6 Å². The molecule has 0 saturated heterocycles. The lowest BCUT2D eigenvalue weighted by molar-refractivity contribution is 0.0923. The predicted molar refractivity (Wildman–Crippen MR) is 99.1 cm³/mol. The number of rotatable bonds is 6. The van der Waals surface area contributed by atoms with E-state index < -0.39 is 5.82 Å². The van der Waals surface area contributed by atoms with Gasteiger partial charge in [0.25, 0.3) is 11.8 Å². The molecule has 0 spiro atoms. The van der Waals surface area contributed by atoms with Crippen LogP contribution in [-0.4, -0.2) is 28.0 Å². The van der Waals surface area contributed by atoms with Gasteiger partial charge in [-0.2, -0.15) is 9.37 Å². The summed E-state index contributed by atoms with van der Waals surface area (Å²) in [6.07, 6.45) is 4.99. The Labute approximate surface area is 162 Å². The molecule has 5 nitrogen and oxygen atoms in total. The molecule has 1 aromatic carbocycles. The van der Waals surface area contributed by atoms with Gasteiger partial charge in [0.15, 0.2) is 0 Å². The van der Waals surface area contributed by atoms with Crippen LogP contribution in [0.15, 0.2) is 36.8 Å². The molecule has 142 valence electrons. The largest absolute Gasteiger partial charge is 0.472 e. The second-order valence-electron chi connectivity index (χ2n) is 7.29. The van der Waals surface area contributed by atoms with Crippen molar-refractivity contribution in [2.75, 3.05) is 0 Å². The lowest BCUT2D eigenvalue weighted by Crippen LogP contribution is -2.37. The highest BCUT2D eigenvalue weighted by molar-refractivity contribution is 6.30. The number of carbonyl (C=O) groups is 1. The van der Waals surface area contributed by atoms with Crippen LogP contribution in [0, 0.1) is 23.6 Å². The van der Waals surface area contributed by atoms with Crippen LogP contribution in [-0.2, 0) is 0 Å². The molecule has 1 amide bonds. The van der Waals surface area contributed by atoms with Crippen LogP contribution < -0.4 is 10.1 Å². The molecule has 2 fully saturated rings. The summed E-state index contributed by atoms with van der Waals surface area (Å²) in [5.74, 6) is 0.902. The number of carbonyl (C=O) groups excluding carboxylic acids is 1. The van der Waals surface area contributed by atoms with E-state index in [4.69, 9.17) is 16.3 Å². The highest BCUT2D eigenvalue weighted by Crippen LogP contribution is 2.60. The van der Waals surface area contributed by atoms with E-state index in [0.717, 1.165) is 25.5 Å². The van der Waals surface area contributed by atoms with Gasteiger partial charge in [-0.15, -0.1) is 0 Å². The second-order valence-corrected chi connectivity index (χ2v) is 7.72. The predicted octanol–water partition coefficient (Wildman–Crippen LogP) is 3.88. The topological polar surface area (TPSA) is 64.1 Å². The molecule has 7 heteroatoms. The summed E-state index contributed by atoms with van der Waals surface area (Å²) >= 11 is 5.88. The number of amides is 1. The minimum atomic E-state index is -0.531. The first-order chi connectivity index (χ1) is 13.1. The van der Waals surface area contributed by atoms with E-state index in [0.29, 0.717) is 28.3 Å². The maximum Gasteiger partial charge on any atom is 0.253 e. The zero-order valence-electron chi connectivity index (χ0n) is 14.9. The van der Waals surface area contributed by atoms with E-state index in [9.17, 15) is 9.18 Å². The quantitative estimate of drug-likeness (QED) is 0.814. The van der Waals surface area contributed by atoms with Crippen LogP contribution in [0.4, 0.5) is 4.39 Å². The van der Waals surface area contributed by atoms with Crippen molar-refractivity contribution in [1.82, 2.24) is 15.3 Å². The second kappa shape index (κ2) is 7.43. The molecule has 2 aliphatic carbocycles. The fourth-order valence-corrected chi connectivity index (χ4v) is 4.53. The first-order valence-electron chi connectivity index (χ1n) is 9.25. The maximum atomic E-state index is 13.6. The molecule has 1 heterocycles. The molecule has 2 aromatic rings. The fraction of sp³-hybridized carbons (Fsp3) is 0.450. The van der Waals surface area contributed by atoms with Crippen molar-refractivity contribution in [3.63, 3.8) is 0 Å². The van der Waals surface area contributed by atoms with E-state index in [1.54, 1.807) is 24.3 Å². The van der Waals surface area contributed by atoms with Crippen LogP contribution in [0.2, 0.25) is 5.02 Å². The fourth-order valence-electron chi connectivity index (χ4n) is 4.40. The van der Waals surface area contributed by atoms with E-state index in [2.05, 4.69) is 22.2 Å². The van der Waals surface area contributed by atoms with Crippen LogP contribution in [0.5, 0.6) is 5.88 Å². The average Bonchev–Trinajstić information content (AvgIpc) is 3.16. The lowest BCUT2D eigenvalue weighted by atomic mass is 10.00. The van der Waals surface area contributed by atoms with Gasteiger partial charge in [-0.3, -0.25) is 4.79 Å². The van der Waals surface area contributed by atoms with Gasteiger partial charge in [0.05, 0.1) is 6.20 Å². The third kappa shape index (κ3) is 3.76. The monoisotopic (exact) mass is 389 g/mol. The Bertz CT molecular complexity index is 820. The van der Waals surface area contributed by atoms with E-state index in [1.807, 2.05) is 0 Å². The van der Waals surface area contributed by atoms with Crippen molar-refractivity contribution in [3.05, 3.63) is 53.2 Å². The number of halogens is 2. The molecular formula is C20H21ClFN3O2. The summed E-state index contributed by atoms with van der Waals surface area (Å²) in [6.45, 7) is 2.09. The Hall–Kier alpha value is -2.21. The summed E-state index contributed by atoms with van der Waals surface area (Å²) in [4.78, 5) is 20.0. The standard InChI is InChI=1S/C20H21ClFN3O2/c1-2-17(25-19(26)11-3-5-12(21)6-4-11)18-14-7-13(8-15(14)18)27-20-16(22)9-23-10-24-20/h3-6,9-10,13-15,17-18H,2,7-8H2,1H3,(H,25,26)/t13?,14-,15-,17-,18?/m0/s1. The van der Waals surface area contributed by atoms with Crippen LogP contribution in [0.3, 0.4) is 0 Å². The van der Waals surface area contributed by atoms with Gasteiger partial charge in [0.2, 0.25) is 5.82 Å². The Morgan fingerprint density at radius 1 is 1.33 bits per heavy atom. The zero-order valence-corrected chi connectivity index (χ0v) is 15.7. The van der Waals surface area contributed by atoms with Gasteiger partial charge < -0.3 is 10.1 Å². The number of aromatic nitrogens is 2. The Balaban J connectivity index is 1.32. The van der Waals surface area contributed by atoms with Gasteiger partial charge in [-0.1, -0.05) is 18.5 Å². The molecule has 2 aliphatic rings. The Kier molecular flexibility index (Phi) is 5.00.